The molecule has 0 radical (unpaired) electrons. The van der Waals surface area contributed by atoms with Crippen LogP contribution in [0.5, 0.6) is 5.75 Å². The standard InChI is InChI=1S/C16H25FN4O2.HI/c1-4-18-16(20-10-9-19-13(3)22)21-11-12(2)23-15-8-6-5-7-14(15)17;/h5-8,12H,4,9-11H2,1-3H3,(H,19,22)(H2,18,20,21);1H. The molecule has 8 heteroatoms. The Hall–Kier alpha value is -1.58. The largest absolute Gasteiger partial charge is 0.486 e. The van der Waals surface area contributed by atoms with E-state index in [1.807, 2.05) is 13.8 Å². The van der Waals surface area contributed by atoms with E-state index in [1.165, 1.54) is 13.0 Å². The van der Waals surface area contributed by atoms with Crippen LogP contribution in [0.1, 0.15) is 20.8 Å². The fourth-order valence-electron chi connectivity index (χ4n) is 1.78. The van der Waals surface area contributed by atoms with Gasteiger partial charge < -0.3 is 20.7 Å². The molecule has 0 saturated heterocycles. The summed E-state index contributed by atoms with van der Waals surface area (Å²) in [6, 6.07) is 6.29. The molecule has 1 aromatic carbocycles. The molecule has 0 aliphatic rings. The Labute approximate surface area is 159 Å². The van der Waals surface area contributed by atoms with Gasteiger partial charge in [-0.15, -0.1) is 24.0 Å². The first-order valence-electron chi connectivity index (χ1n) is 7.70. The van der Waals surface area contributed by atoms with Crippen LogP contribution in [0.15, 0.2) is 29.3 Å². The van der Waals surface area contributed by atoms with E-state index >= 15 is 0 Å². The van der Waals surface area contributed by atoms with Gasteiger partial charge in [0.2, 0.25) is 5.91 Å². The molecule has 3 N–H and O–H groups in total. The van der Waals surface area contributed by atoms with E-state index in [-0.39, 0.29) is 47.6 Å². The summed E-state index contributed by atoms with van der Waals surface area (Å²) in [6.45, 7) is 7.44. The predicted octanol–water partition coefficient (Wildman–Crippen LogP) is 1.90. The first kappa shape index (κ1) is 22.4. The van der Waals surface area contributed by atoms with E-state index < -0.39 is 0 Å². The zero-order valence-electron chi connectivity index (χ0n) is 14.3. The van der Waals surface area contributed by atoms with Crippen molar-refractivity contribution in [2.75, 3.05) is 26.2 Å². The second-order valence-electron chi connectivity index (χ2n) is 4.99. The van der Waals surface area contributed by atoms with Crippen LogP contribution in [-0.4, -0.2) is 44.1 Å². The Morgan fingerprint density at radius 3 is 2.54 bits per heavy atom. The summed E-state index contributed by atoms with van der Waals surface area (Å²) in [5.41, 5.74) is 0. The van der Waals surface area contributed by atoms with Crippen LogP contribution in [0, 0.1) is 5.82 Å². The molecule has 0 heterocycles. The fourth-order valence-corrected chi connectivity index (χ4v) is 1.78. The number of amides is 1. The van der Waals surface area contributed by atoms with Crippen molar-refractivity contribution in [3.63, 3.8) is 0 Å². The molecule has 0 aliphatic carbocycles. The second-order valence-corrected chi connectivity index (χ2v) is 4.99. The van der Waals surface area contributed by atoms with Gasteiger partial charge in [0.05, 0.1) is 6.54 Å². The van der Waals surface area contributed by atoms with Gasteiger partial charge in [0.1, 0.15) is 6.10 Å². The molecule has 0 fully saturated rings. The van der Waals surface area contributed by atoms with E-state index in [9.17, 15) is 9.18 Å². The number of nitrogens with zero attached hydrogens (tertiary/aromatic N) is 1. The first-order valence-corrected chi connectivity index (χ1v) is 7.70. The molecule has 0 saturated carbocycles. The molecule has 24 heavy (non-hydrogen) atoms. The lowest BCUT2D eigenvalue weighted by Gasteiger charge is -2.15. The molecular formula is C16H26FIN4O2. The fraction of sp³-hybridized carbons (Fsp3) is 0.500. The molecule has 1 amide bonds. The van der Waals surface area contributed by atoms with E-state index in [0.29, 0.717) is 32.1 Å². The topological polar surface area (TPSA) is 74.8 Å². The van der Waals surface area contributed by atoms with Crippen LogP contribution in [0.25, 0.3) is 0 Å². The van der Waals surface area contributed by atoms with Crippen LogP contribution in [-0.2, 0) is 4.79 Å². The lowest BCUT2D eigenvalue weighted by molar-refractivity contribution is -0.118. The number of guanidine groups is 1. The first-order chi connectivity index (χ1) is 11.0. The maximum Gasteiger partial charge on any atom is 0.216 e. The van der Waals surface area contributed by atoms with Crippen molar-refractivity contribution in [3.05, 3.63) is 30.1 Å². The maximum absolute atomic E-state index is 13.5. The third-order valence-corrected chi connectivity index (χ3v) is 2.81. The average molecular weight is 452 g/mol. The van der Waals surface area contributed by atoms with Gasteiger partial charge in [-0.1, -0.05) is 12.1 Å². The number of carbonyl (C=O) groups is 1. The Morgan fingerprint density at radius 2 is 1.92 bits per heavy atom. The number of carbonyl (C=O) groups excluding carboxylic acids is 1. The third-order valence-electron chi connectivity index (χ3n) is 2.81. The van der Waals surface area contributed by atoms with Crippen LogP contribution in [0.4, 0.5) is 4.39 Å². The maximum atomic E-state index is 13.5. The lowest BCUT2D eigenvalue weighted by Crippen LogP contribution is -2.41. The third kappa shape index (κ3) is 9.53. The van der Waals surface area contributed by atoms with Crippen molar-refractivity contribution < 1.29 is 13.9 Å². The van der Waals surface area contributed by atoms with E-state index in [1.54, 1.807) is 18.2 Å². The number of aliphatic imine (C=N–C) groups is 1. The summed E-state index contributed by atoms with van der Waals surface area (Å²) < 4.78 is 19.1. The molecule has 6 nitrogen and oxygen atoms in total. The lowest BCUT2D eigenvalue weighted by atomic mass is 10.3. The van der Waals surface area contributed by atoms with Crippen LogP contribution >= 0.6 is 24.0 Å². The summed E-state index contributed by atoms with van der Waals surface area (Å²) >= 11 is 0. The van der Waals surface area contributed by atoms with Crippen molar-refractivity contribution in [3.8, 4) is 5.75 Å². The number of rotatable bonds is 8. The van der Waals surface area contributed by atoms with E-state index in [4.69, 9.17) is 4.74 Å². The number of halogens is 2. The second kappa shape index (κ2) is 12.8. The highest BCUT2D eigenvalue weighted by Crippen LogP contribution is 2.16. The average Bonchev–Trinajstić information content (AvgIpc) is 2.51. The minimum Gasteiger partial charge on any atom is -0.486 e. The van der Waals surface area contributed by atoms with Crippen molar-refractivity contribution >= 4 is 35.8 Å². The summed E-state index contributed by atoms with van der Waals surface area (Å²) in [5, 5.41) is 8.90. The number of benzene rings is 1. The number of para-hydroxylation sites is 1. The van der Waals surface area contributed by atoms with Gasteiger partial charge in [0.15, 0.2) is 17.5 Å². The Kier molecular flexibility index (Phi) is 12.0. The Bertz CT molecular complexity index is 529. The predicted molar refractivity (Wildman–Crippen MR) is 105 cm³/mol. The molecular weight excluding hydrogens is 426 g/mol. The van der Waals surface area contributed by atoms with Gasteiger partial charge >= 0.3 is 0 Å². The van der Waals surface area contributed by atoms with Crippen molar-refractivity contribution in [2.24, 2.45) is 4.99 Å². The van der Waals surface area contributed by atoms with Crippen LogP contribution < -0.4 is 20.7 Å². The van der Waals surface area contributed by atoms with Gasteiger partial charge in [-0.25, -0.2) is 9.38 Å². The van der Waals surface area contributed by atoms with Gasteiger partial charge in [-0.3, -0.25) is 4.79 Å². The molecule has 0 aliphatic heterocycles. The number of ether oxygens (including phenoxy) is 1. The van der Waals surface area contributed by atoms with Crippen LogP contribution in [0.3, 0.4) is 0 Å². The molecule has 0 spiro atoms. The highest BCUT2D eigenvalue weighted by molar-refractivity contribution is 14.0. The molecule has 0 aromatic heterocycles. The SMILES string of the molecule is CCNC(=NCC(C)Oc1ccccc1F)NCCNC(C)=O.I. The molecule has 1 aromatic rings. The smallest absolute Gasteiger partial charge is 0.216 e. The molecule has 1 atom stereocenters. The molecule has 136 valence electrons. The molecule has 1 unspecified atom stereocenters. The van der Waals surface area contributed by atoms with Crippen molar-refractivity contribution in [1.29, 1.82) is 0 Å². The number of nitrogens with one attached hydrogen (secondary N) is 3. The summed E-state index contributed by atoms with van der Waals surface area (Å²) in [7, 11) is 0. The zero-order valence-corrected chi connectivity index (χ0v) is 16.6. The monoisotopic (exact) mass is 452 g/mol. The van der Waals surface area contributed by atoms with Gasteiger partial charge in [-0.05, 0) is 26.0 Å². The quantitative estimate of drug-likeness (QED) is 0.244. The minimum atomic E-state index is -0.385. The number of hydrogen-bond acceptors (Lipinski definition) is 3. The minimum absolute atomic E-state index is 0. The Balaban J connectivity index is 0.00000529. The summed E-state index contributed by atoms with van der Waals surface area (Å²) in [6.07, 6.45) is -0.266. The normalized spacial score (nSPS) is 11.9. The Morgan fingerprint density at radius 1 is 1.25 bits per heavy atom. The van der Waals surface area contributed by atoms with Gasteiger partial charge in [-0.2, -0.15) is 0 Å². The van der Waals surface area contributed by atoms with Gasteiger partial charge in [0, 0.05) is 26.6 Å². The zero-order chi connectivity index (χ0) is 17.1. The van der Waals surface area contributed by atoms with E-state index in [0.717, 1.165) is 0 Å². The van der Waals surface area contributed by atoms with Crippen molar-refractivity contribution in [2.45, 2.75) is 26.9 Å². The summed E-state index contributed by atoms with van der Waals surface area (Å²) in [4.78, 5) is 15.2. The summed E-state index contributed by atoms with van der Waals surface area (Å²) in [5.74, 6) is 0.393. The molecule has 1 rings (SSSR count). The number of hydrogen-bond donors (Lipinski definition) is 3. The van der Waals surface area contributed by atoms with Crippen LogP contribution in [0.2, 0.25) is 0 Å². The van der Waals surface area contributed by atoms with E-state index in [2.05, 4.69) is 20.9 Å². The highest BCUT2D eigenvalue weighted by atomic mass is 127. The van der Waals surface area contributed by atoms with Crippen molar-refractivity contribution in [1.82, 2.24) is 16.0 Å². The highest BCUT2D eigenvalue weighted by Gasteiger charge is 2.08. The molecule has 0 bridgehead atoms. The van der Waals surface area contributed by atoms with Gasteiger partial charge in [0.25, 0.3) is 0 Å².